The molecule has 6 atom stereocenters. The average molecular weight is 764 g/mol. The molecule has 280 valence electrons. The minimum Gasteiger partial charge on any atom is -0.491 e. The lowest BCUT2D eigenvalue weighted by Crippen LogP contribution is -2.53. The molecule has 4 aliphatic rings. The summed E-state index contributed by atoms with van der Waals surface area (Å²) >= 11 is 6.44. The van der Waals surface area contributed by atoms with E-state index in [4.69, 9.17) is 16.3 Å². The fourth-order valence-electron chi connectivity index (χ4n) is 9.73. The number of rotatable bonds is 9. The maximum absolute atomic E-state index is 15.5. The van der Waals surface area contributed by atoms with Crippen LogP contribution < -0.4 is 19.9 Å². The first kappa shape index (κ1) is 35.7. The van der Waals surface area contributed by atoms with Crippen LogP contribution in [0.15, 0.2) is 145 Å². The Morgan fingerprint density at radius 3 is 2.14 bits per heavy atom. The highest BCUT2D eigenvalue weighted by Crippen LogP contribution is 2.65. The monoisotopic (exact) mass is 763 g/mol. The number of hydrogen-bond donors (Lipinski definition) is 2. The Labute approximate surface area is 329 Å². The van der Waals surface area contributed by atoms with Gasteiger partial charge in [0.2, 0.25) is 23.6 Å². The molecule has 0 aromatic heterocycles. The molecule has 5 aromatic carbocycles. The molecule has 9 nitrogen and oxygen atoms in total. The molecule has 6 unspecified atom stereocenters. The molecule has 2 N–H and O–H groups in total. The zero-order valence-corrected chi connectivity index (χ0v) is 31.0. The summed E-state index contributed by atoms with van der Waals surface area (Å²) in [4.78, 5) is 62.2. The van der Waals surface area contributed by atoms with Crippen molar-refractivity contribution < 1.29 is 29.0 Å². The van der Waals surface area contributed by atoms with Gasteiger partial charge in [-0.2, -0.15) is 0 Å². The van der Waals surface area contributed by atoms with E-state index in [1.165, 1.54) is 9.80 Å². The van der Waals surface area contributed by atoms with Gasteiger partial charge in [-0.15, -0.1) is 0 Å². The van der Waals surface area contributed by atoms with Gasteiger partial charge in [0.1, 0.15) is 12.4 Å². The number of ether oxygens (including phenoxy) is 1. The number of imide groups is 2. The Balaban J connectivity index is 1.18. The SMILES string of the molecule is O=C1C2CC=C3C(CC4C(=O)N(c5cccc(Cl)c5)C(=O)C4(c4ccccc4)C3c3ccccc3OCCO)C2C(=O)N1c1ccc(Nc2ccccc2)cc1. The number of carbonyl (C=O) groups excluding carboxylic acids is 4. The first-order valence-electron chi connectivity index (χ1n) is 18.8. The maximum Gasteiger partial charge on any atom is 0.246 e. The number of hydrogen-bond acceptors (Lipinski definition) is 7. The van der Waals surface area contributed by atoms with E-state index in [1.807, 2.05) is 97.1 Å². The minimum atomic E-state index is -1.44. The summed E-state index contributed by atoms with van der Waals surface area (Å²) in [5.41, 5.74) is 3.26. The van der Waals surface area contributed by atoms with Crippen molar-refractivity contribution in [2.75, 3.05) is 28.3 Å². The van der Waals surface area contributed by atoms with Gasteiger partial charge in [-0.05, 0) is 85.0 Å². The van der Waals surface area contributed by atoms with E-state index in [0.29, 0.717) is 33.3 Å². The van der Waals surface area contributed by atoms with Crippen LogP contribution in [-0.4, -0.2) is 41.9 Å². The number of benzene rings is 5. The van der Waals surface area contributed by atoms with E-state index in [0.717, 1.165) is 16.9 Å². The number of nitrogens with one attached hydrogen (secondary N) is 1. The van der Waals surface area contributed by atoms with E-state index < -0.39 is 46.8 Å². The molecule has 2 aliphatic heterocycles. The standard InChI is InChI=1S/C46H38ClN3O6/c47-29-12-9-15-33(26-29)50-43(53)38-27-37-34(41(35-16-7-8-17-39(35)56-25-24-51)46(38,45(50)55)28-10-3-1-4-11-28)22-23-36-40(37)44(54)49(42(36)52)32-20-18-31(19-21-32)48-30-13-5-2-6-14-30/h1-22,26,36-38,40-41,48,51H,23-25,27H2. The highest BCUT2D eigenvalue weighted by atomic mass is 35.5. The molecule has 4 amide bonds. The van der Waals surface area contributed by atoms with Crippen molar-refractivity contribution in [1.82, 2.24) is 0 Å². The number of aliphatic hydroxyl groups excluding tert-OH is 1. The number of allylic oxidation sites excluding steroid dienone is 2. The number of fused-ring (bicyclic) bond motifs is 4. The van der Waals surface area contributed by atoms with Crippen molar-refractivity contribution in [3.8, 4) is 5.75 Å². The fourth-order valence-corrected chi connectivity index (χ4v) is 9.92. The second kappa shape index (κ2) is 14.2. The van der Waals surface area contributed by atoms with Crippen molar-refractivity contribution in [3.63, 3.8) is 0 Å². The van der Waals surface area contributed by atoms with Crippen molar-refractivity contribution >= 4 is 58.0 Å². The Bertz CT molecular complexity index is 2390. The summed E-state index contributed by atoms with van der Waals surface area (Å²) in [6.45, 7) is -0.210. The lowest BCUT2D eigenvalue weighted by Gasteiger charge is -2.51. The van der Waals surface area contributed by atoms with Crippen LogP contribution in [0.3, 0.4) is 0 Å². The summed E-state index contributed by atoms with van der Waals surface area (Å²) in [6.07, 6.45) is 2.49. The van der Waals surface area contributed by atoms with Crippen molar-refractivity contribution in [2.24, 2.45) is 23.7 Å². The van der Waals surface area contributed by atoms with Gasteiger partial charge in [-0.25, -0.2) is 4.90 Å². The molecule has 2 saturated heterocycles. The van der Waals surface area contributed by atoms with Crippen LogP contribution in [0.25, 0.3) is 0 Å². The predicted octanol–water partition coefficient (Wildman–Crippen LogP) is 7.82. The Morgan fingerprint density at radius 2 is 1.41 bits per heavy atom. The fraction of sp³-hybridized carbons (Fsp3) is 0.217. The summed E-state index contributed by atoms with van der Waals surface area (Å²) in [5.74, 6) is -4.53. The highest BCUT2D eigenvalue weighted by Gasteiger charge is 2.70. The van der Waals surface area contributed by atoms with Gasteiger partial charge in [0.05, 0.1) is 41.2 Å². The number of nitrogens with zero attached hydrogens (tertiary/aromatic N) is 2. The lowest BCUT2D eigenvalue weighted by atomic mass is 9.49. The van der Waals surface area contributed by atoms with E-state index in [1.54, 1.807) is 42.5 Å². The minimum absolute atomic E-state index is 0.0157. The Hall–Kier alpha value is -6.03. The van der Waals surface area contributed by atoms with Crippen molar-refractivity contribution in [2.45, 2.75) is 24.2 Å². The first-order valence-corrected chi connectivity index (χ1v) is 19.2. The van der Waals surface area contributed by atoms with Crippen LogP contribution >= 0.6 is 11.6 Å². The van der Waals surface area contributed by atoms with Crippen LogP contribution in [0.2, 0.25) is 5.02 Å². The van der Waals surface area contributed by atoms with E-state index in [2.05, 4.69) is 5.32 Å². The number of amides is 4. The van der Waals surface area contributed by atoms with Gasteiger partial charge in [-0.1, -0.05) is 96.0 Å². The van der Waals surface area contributed by atoms with Gasteiger partial charge in [0.25, 0.3) is 0 Å². The molecule has 1 saturated carbocycles. The van der Waals surface area contributed by atoms with Gasteiger partial charge in [0, 0.05) is 27.9 Å². The summed E-state index contributed by atoms with van der Waals surface area (Å²) < 4.78 is 6.15. The third-order valence-corrected chi connectivity index (χ3v) is 12.2. The molecule has 0 bridgehead atoms. The second-order valence-corrected chi connectivity index (χ2v) is 15.2. The molecule has 9 rings (SSSR count). The van der Waals surface area contributed by atoms with E-state index in [-0.39, 0.29) is 37.9 Å². The molecule has 2 heterocycles. The smallest absolute Gasteiger partial charge is 0.246 e. The molecular formula is C46H38ClN3O6. The zero-order chi connectivity index (χ0) is 38.6. The van der Waals surface area contributed by atoms with E-state index >= 15 is 9.59 Å². The first-order chi connectivity index (χ1) is 27.3. The summed E-state index contributed by atoms with van der Waals surface area (Å²) in [7, 11) is 0. The van der Waals surface area contributed by atoms with Gasteiger partial charge in [-0.3, -0.25) is 24.1 Å². The molecule has 5 aromatic rings. The summed E-state index contributed by atoms with van der Waals surface area (Å²) in [5, 5.41) is 13.5. The van der Waals surface area contributed by atoms with Gasteiger partial charge < -0.3 is 15.2 Å². The van der Waals surface area contributed by atoms with Gasteiger partial charge in [0.15, 0.2) is 0 Å². The number of aliphatic hydroxyl groups is 1. The highest BCUT2D eigenvalue weighted by molar-refractivity contribution is 6.32. The van der Waals surface area contributed by atoms with Crippen LogP contribution in [0.5, 0.6) is 5.75 Å². The number of carbonyl (C=O) groups is 4. The van der Waals surface area contributed by atoms with Crippen LogP contribution in [-0.2, 0) is 24.6 Å². The largest absolute Gasteiger partial charge is 0.491 e. The third-order valence-electron chi connectivity index (χ3n) is 11.9. The van der Waals surface area contributed by atoms with E-state index in [9.17, 15) is 14.7 Å². The molecule has 3 fully saturated rings. The topological polar surface area (TPSA) is 116 Å². The van der Waals surface area contributed by atoms with Crippen molar-refractivity contribution in [3.05, 3.63) is 161 Å². The molecule has 0 radical (unpaired) electrons. The van der Waals surface area contributed by atoms with Crippen LogP contribution in [0.1, 0.15) is 29.9 Å². The molecule has 0 spiro atoms. The number of para-hydroxylation sites is 2. The third kappa shape index (κ3) is 5.56. The number of anilines is 4. The Morgan fingerprint density at radius 1 is 0.714 bits per heavy atom. The lowest BCUT2D eigenvalue weighted by molar-refractivity contribution is -0.127. The average Bonchev–Trinajstić information content (AvgIpc) is 3.62. The normalized spacial score (nSPS) is 25.4. The zero-order valence-electron chi connectivity index (χ0n) is 30.3. The quantitative estimate of drug-likeness (QED) is 0.116. The molecule has 10 heteroatoms. The van der Waals surface area contributed by atoms with Crippen LogP contribution in [0, 0.1) is 23.7 Å². The van der Waals surface area contributed by atoms with Crippen LogP contribution in [0.4, 0.5) is 22.7 Å². The molecule has 56 heavy (non-hydrogen) atoms. The van der Waals surface area contributed by atoms with Crippen molar-refractivity contribution in [1.29, 1.82) is 0 Å². The Kier molecular flexibility index (Phi) is 9.06. The molecule has 2 aliphatic carbocycles. The predicted molar refractivity (Wildman–Crippen MR) is 214 cm³/mol. The second-order valence-electron chi connectivity index (χ2n) is 14.8. The molecular weight excluding hydrogens is 726 g/mol. The maximum atomic E-state index is 15.5. The van der Waals surface area contributed by atoms with Gasteiger partial charge >= 0.3 is 0 Å². The number of halogens is 1. The summed E-state index contributed by atoms with van der Waals surface area (Å²) in [6, 6.07) is 40.4.